The number of hydrogen-bond donors (Lipinski definition) is 0. The summed E-state index contributed by atoms with van der Waals surface area (Å²) in [4.78, 5) is 19.9. The van der Waals surface area contributed by atoms with Crippen molar-refractivity contribution in [1.29, 1.82) is 0 Å². The van der Waals surface area contributed by atoms with E-state index in [2.05, 4.69) is 108 Å². The number of hydrogen-bond acceptors (Lipinski definition) is 5. The third kappa shape index (κ3) is 5.13. The highest BCUT2D eigenvalue weighted by molar-refractivity contribution is 6.19. The van der Waals surface area contributed by atoms with Gasteiger partial charge in [-0.2, -0.15) is 0 Å². The summed E-state index contributed by atoms with van der Waals surface area (Å²) in [5, 5.41) is 2.12. The molecule has 6 heteroatoms. The summed E-state index contributed by atoms with van der Waals surface area (Å²) < 4.78 is 8.79. The van der Waals surface area contributed by atoms with Crippen LogP contribution >= 0.6 is 0 Å². The summed E-state index contributed by atoms with van der Waals surface area (Å²) in [5.41, 5.74) is 10.7. The van der Waals surface area contributed by atoms with Gasteiger partial charge in [0, 0.05) is 33.3 Å². The number of aromatic nitrogens is 5. The monoisotopic (exact) mass is 667 g/mol. The van der Waals surface area contributed by atoms with E-state index in [9.17, 15) is 0 Å². The van der Waals surface area contributed by atoms with Gasteiger partial charge in [-0.25, -0.2) is 19.9 Å². The number of oxazole rings is 1. The Morgan fingerprint density at radius 3 is 1.63 bits per heavy atom. The second kappa shape index (κ2) is 12.3. The summed E-state index contributed by atoms with van der Waals surface area (Å²) >= 11 is 0. The van der Waals surface area contributed by atoms with E-state index in [1.165, 1.54) is 0 Å². The van der Waals surface area contributed by atoms with E-state index in [-0.39, 0.29) is 0 Å². The highest BCUT2D eigenvalue weighted by Crippen LogP contribution is 2.39. The molecule has 0 aliphatic heterocycles. The highest BCUT2D eigenvalue weighted by Gasteiger charge is 2.20. The van der Waals surface area contributed by atoms with E-state index in [4.69, 9.17) is 24.4 Å². The summed E-state index contributed by atoms with van der Waals surface area (Å²) in [6.45, 7) is 0. The van der Waals surface area contributed by atoms with Crippen LogP contribution in [-0.2, 0) is 0 Å². The predicted molar refractivity (Wildman–Crippen MR) is 209 cm³/mol. The van der Waals surface area contributed by atoms with Gasteiger partial charge in [0.2, 0.25) is 5.89 Å². The minimum Gasteiger partial charge on any atom is -0.435 e. The topological polar surface area (TPSA) is 69.6 Å². The van der Waals surface area contributed by atoms with Gasteiger partial charge in [-0.15, -0.1) is 0 Å². The van der Waals surface area contributed by atoms with Crippen LogP contribution in [0.3, 0.4) is 0 Å². The average Bonchev–Trinajstić information content (AvgIpc) is 3.82. The van der Waals surface area contributed by atoms with E-state index >= 15 is 0 Å². The summed E-state index contributed by atoms with van der Waals surface area (Å²) in [6.07, 6.45) is 0. The smallest absolute Gasteiger partial charge is 0.227 e. The summed E-state index contributed by atoms with van der Waals surface area (Å²) in [5.74, 6) is 2.45. The molecule has 0 aliphatic carbocycles. The van der Waals surface area contributed by atoms with E-state index < -0.39 is 0 Å². The van der Waals surface area contributed by atoms with Crippen molar-refractivity contribution in [2.75, 3.05) is 0 Å². The number of rotatable bonds is 6. The fraction of sp³-hybridized carbons (Fsp3) is 0. The van der Waals surface area contributed by atoms with Crippen molar-refractivity contribution in [2.45, 2.75) is 0 Å². The van der Waals surface area contributed by atoms with Gasteiger partial charge in [-0.3, -0.25) is 0 Å². The molecule has 0 fully saturated rings. The van der Waals surface area contributed by atoms with E-state index in [1.54, 1.807) is 0 Å². The quantitative estimate of drug-likeness (QED) is 0.176. The van der Waals surface area contributed by atoms with Crippen LogP contribution in [0.2, 0.25) is 0 Å². The van der Waals surface area contributed by atoms with Crippen molar-refractivity contribution in [3.8, 4) is 62.4 Å². The van der Waals surface area contributed by atoms with Crippen LogP contribution in [0.4, 0.5) is 0 Å². The molecule has 0 aliphatic rings. The number of benzene rings is 7. The van der Waals surface area contributed by atoms with Crippen LogP contribution in [-0.4, -0.2) is 24.5 Å². The zero-order valence-electron chi connectivity index (χ0n) is 27.9. The lowest BCUT2D eigenvalue weighted by Crippen LogP contribution is -2.01. The second-order valence-electron chi connectivity index (χ2n) is 12.7. The SMILES string of the molecule is c1ccc(-c2ccc(-c3nc(-c4ccccc4)nc(-c4cccc(-n5c6ccccc6c6c7oc(-c8ccccc8)nc7ccc65)c4)n3)cc2)cc1. The van der Waals surface area contributed by atoms with Crippen molar-refractivity contribution < 1.29 is 4.42 Å². The molecule has 52 heavy (non-hydrogen) atoms. The first-order valence-electron chi connectivity index (χ1n) is 17.2. The van der Waals surface area contributed by atoms with Crippen LogP contribution in [0.5, 0.6) is 0 Å². The Hall–Kier alpha value is -7.18. The number of nitrogens with zero attached hydrogens (tertiary/aromatic N) is 5. The fourth-order valence-electron chi connectivity index (χ4n) is 7.00. The summed E-state index contributed by atoms with van der Waals surface area (Å²) in [6, 6.07) is 59.9. The van der Waals surface area contributed by atoms with Gasteiger partial charge in [-0.1, -0.05) is 133 Å². The molecule has 0 saturated heterocycles. The fourth-order valence-corrected chi connectivity index (χ4v) is 7.00. The molecule has 10 aromatic rings. The first-order chi connectivity index (χ1) is 25.8. The normalized spacial score (nSPS) is 11.5. The molecular weight excluding hydrogens is 639 g/mol. The van der Waals surface area contributed by atoms with Crippen molar-refractivity contribution in [1.82, 2.24) is 24.5 Å². The molecule has 244 valence electrons. The Kier molecular flexibility index (Phi) is 7.03. The van der Waals surface area contributed by atoms with Crippen molar-refractivity contribution in [2.24, 2.45) is 0 Å². The number of para-hydroxylation sites is 1. The third-order valence-electron chi connectivity index (χ3n) is 9.49. The molecule has 0 spiro atoms. The van der Waals surface area contributed by atoms with Gasteiger partial charge in [0.15, 0.2) is 23.1 Å². The molecule has 0 bridgehead atoms. The zero-order valence-corrected chi connectivity index (χ0v) is 27.9. The predicted octanol–water partition coefficient (Wildman–Crippen LogP) is 11.4. The standard InChI is InChI=1S/C46H29N5O/c1-4-13-30(14-5-1)31-23-25-33(26-24-31)44-48-43(32-15-6-2-7-16-32)49-45(50-44)35-19-12-20-36(29-35)51-39-22-11-10-21-37(39)41-40(51)28-27-38-42(41)52-46(47-38)34-17-8-3-9-18-34/h1-29H. The molecule has 0 radical (unpaired) electrons. The zero-order chi connectivity index (χ0) is 34.4. The maximum absolute atomic E-state index is 6.51. The van der Waals surface area contributed by atoms with E-state index in [1.807, 2.05) is 72.8 Å². The number of fused-ring (bicyclic) bond motifs is 5. The third-order valence-corrected chi connectivity index (χ3v) is 9.49. The molecule has 0 amide bonds. The highest BCUT2D eigenvalue weighted by atomic mass is 16.3. The van der Waals surface area contributed by atoms with Crippen LogP contribution in [0.1, 0.15) is 0 Å². The van der Waals surface area contributed by atoms with E-state index in [0.717, 1.165) is 72.0 Å². The molecule has 3 heterocycles. The Morgan fingerprint density at radius 1 is 0.385 bits per heavy atom. The maximum Gasteiger partial charge on any atom is 0.227 e. The van der Waals surface area contributed by atoms with E-state index in [0.29, 0.717) is 23.4 Å². The van der Waals surface area contributed by atoms with Gasteiger partial charge in [0.25, 0.3) is 0 Å². The van der Waals surface area contributed by atoms with Crippen LogP contribution in [0, 0.1) is 0 Å². The minimum atomic E-state index is 0.601. The first-order valence-corrected chi connectivity index (χ1v) is 17.2. The van der Waals surface area contributed by atoms with Crippen LogP contribution in [0.15, 0.2) is 180 Å². The molecule has 0 atom stereocenters. The molecule has 0 unspecified atom stereocenters. The maximum atomic E-state index is 6.51. The molecule has 3 aromatic heterocycles. The van der Waals surface area contributed by atoms with Gasteiger partial charge < -0.3 is 8.98 Å². The lowest BCUT2D eigenvalue weighted by Gasteiger charge is -2.12. The average molecular weight is 668 g/mol. The second-order valence-corrected chi connectivity index (χ2v) is 12.7. The lowest BCUT2D eigenvalue weighted by atomic mass is 10.0. The molecule has 6 nitrogen and oxygen atoms in total. The van der Waals surface area contributed by atoms with Gasteiger partial charge in [-0.05, 0) is 53.6 Å². The molecule has 10 rings (SSSR count). The molecule has 7 aromatic carbocycles. The Morgan fingerprint density at radius 2 is 0.923 bits per heavy atom. The first kappa shape index (κ1) is 29.7. The Bertz CT molecular complexity index is 2880. The molecule has 0 saturated carbocycles. The molecular formula is C46H29N5O. The minimum absolute atomic E-state index is 0.601. The lowest BCUT2D eigenvalue weighted by molar-refractivity contribution is 0.623. The van der Waals surface area contributed by atoms with Gasteiger partial charge in [0.05, 0.1) is 16.4 Å². The van der Waals surface area contributed by atoms with Crippen LogP contribution in [0.25, 0.3) is 95.3 Å². The van der Waals surface area contributed by atoms with Crippen LogP contribution < -0.4 is 0 Å². The van der Waals surface area contributed by atoms with Gasteiger partial charge in [0.1, 0.15) is 5.52 Å². The van der Waals surface area contributed by atoms with Crippen molar-refractivity contribution in [3.05, 3.63) is 176 Å². The van der Waals surface area contributed by atoms with Crippen molar-refractivity contribution >= 4 is 32.9 Å². The Balaban J connectivity index is 1.12. The summed E-state index contributed by atoms with van der Waals surface area (Å²) in [7, 11) is 0. The van der Waals surface area contributed by atoms with Gasteiger partial charge >= 0.3 is 0 Å². The Labute approximate surface area is 299 Å². The largest absolute Gasteiger partial charge is 0.435 e. The molecule has 0 N–H and O–H groups in total. The van der Waals surface area contributed by atoms with Crippen molar-refractivity contribution in [3.63, 3.8) is 0 Å².